The van der Waals surface area contributed by atoms with Crippen LogP contribution >= 0.6 is 0 Å². The summed E-state index contributed by atoms with van der Waals surface area (Å²) in [6.07, 6.45) is -5.49. The number of nitriles is 1. The summed E-state index contributed by atoms with van der Waals surface area (Å²) in [6.45, 7) is 4.87. The van der Waals surface area contributed by atoms with Gasteiger partial charge in [-0.1, -0.05) is 12.7 Å². The maximum Gasteiger partial charge on any atom is 0.510 e. The average molecular weight is 422 g/mol. The summed E-state index contributed by atoms with van der Waals surface area (Å²) >= 11 is 0. The van der Waals surface area contributed by atoms with Crippen LogP contribution in [0.15, 0.2) is 55.3 Å². The highest BCUT2D eigenvalue weighted by Crippen LogP contribution is 2.30. The number of nitrogens with zero attached hydrogens (tertiary/aromatic N) is 2. The minimum Gasteiger partial charge on any atom is -0.486 e. The highest BCUT2D eigenvalue weighted by atomic mass is 19.4. The van der Waals surface area contributed by atoms with E-state index in [9.17, 15) is 18.0 Å². The van der Waals surface area contributed by atoms with Crippen molar-refractivity contribution in [3.8, 4) is 23.4 Å². The molecular formula is C20H17F3N2O5. The normalized spacial score (nSPS) is 12.8. The van der Waals surface area contributed by atoms with Crippen molar-refractivity contribution >= 4 is 6.16 Å². The summed E-state index contributed by atoms with van der Waals surface area (Å²) in [6, 6.07) is 9.81. The van der Waals surface area contributed by atoms with E-state index in [0.717, 1.165) is 12.1 Å². The fourth-order valence-electron chi connectivity index (χ4n) is 2.08. The molecule has 0 radical (unpaired) electrons. The number of benzene rings is 1. The van der Waals surface area contributed by atoms with Crippen LogP contribution in [0.2, 0.25) is 0 Å². The Morgan fingerprint density at radius 3 is 2.43 bits per heavy atom. The van der Waals surface area contributed by atoms with Gasteiger partial charge in [-0.25, -0.2) is 9.78 Å². The number of pyridine rings is 1. The molecule has 2 rings (SSSR count). The van der Waals surface area contributed by atoms with Crippen LogP contribution in [0.5, 0.6) is 17.4 Å². The Morgan fingerprint density at radius 1 is 1.23 bits per heavy atom. The van der Waals surface area contributed by atoms with Gasteiger partial charge >= 0.3 is 12.3 Å². The summed E-state index contributed by atoms with van der Waals surface area (Å²) in [5, 5.41) is 9.15. The van der Waals surface area contributed by atoms with E-state index in [1.165, 1.54) is 37.3 Å². The van der Waals surface area contributed by atoms with Crippen LogP contribution in [0.25, 0.3) is 0 Å². The average Bonchev–Trinajstić information content (AvgIpc) is 2.71. The Hall–Kier alpha value is -3.74. The van der Waals surface area contributed by atoms with Gasteiger partial charge in [0.25, 0.3) is 0 Å². The second-order valence-corrected chi connectivity index (χ2v) is 5.80. The van der Waals surface area contributed by atoms with E-state index in [2.05, 4.69) is 16.3 Å². The molecule has 158 valence electrons. The van der Waals surface area contributed by atoms with Gasteiger partial charge < -0.3 is 18.9 Å². The number of ether oxygens (including phenoxy) is 4. The molecule has 2 aromatic rings. The van der Waals surface area contributed by atoms with Crippen LogP contribution in [-0.2, 0) is 15.7 Å². The highest BCUT2D eigenvalue weighted by molar-refractivity contribution is 5.60. The first-order valence-electron chi connectivity index (χ1n) is 8.54. The van der Waals surface area contributed by atoms with Gasteiger partial charge in [0.2, 0.25) is 12.0 Å². The summed E-state index contributed by atoms with van der Waals surface area (Å²) in [4.78, 5) is 15.1. The summed E-state index contributed by atoms with van der Waals surface area (Å²) in [5.74, 6) is 0.642. The first kappa shape index (κ1) is 22.5. The van der Waals surface area contributed by atoms with Gasteiger partial charge in [-0.3, -0.25) is 0 Å². The monoisotopic (exact) mass is 422 g/mol. The molecule has 0 spiro atoms. The van der Waals surface area contributed by atoms with Gasteiger partial charge in [0.1, 0.15) is 30.3 Å². The molecule has 0 bridgehead atoms. The Morgan fingerprint density at radius 2 is 1.90 bits per heavy atom. The molecule has 10 heteroatoms. The Balaban J connectivity index is 1.94. The third-order valence-electron chi connectivity index (χ3n) is 3.53. The van der Waals surface area contributed by atoms with Crippen molar-refractivity contribution in [3.05, 3.63) is 60.8 Å². The van der Waals surface area contributed by atoms with Crippen LogP contribution in [0.1, 0.15) is 12.5 Å². The topological polar surface area (TPSA) is 90.7 Å². The van der Waals surface area contributed by atoms with E-state index in [-0.39, 0.29) is 12.5 Å². The van der Waals surface area contributed by atoms with E-state index in [1.54, 1.807) is 6.07 Å². The molecule has 0 aliphatic carbocycles. The smallest absolute Gasteiger partial charge is 0.486 e. The predicted molar refractivity (Wildman–Crippen MR) is 97.9 cm³/mol. The maximum absolute atomic E-state index is 12.5. The van der Waals surface area contributed by atoms with Crippen molar-refractivity contribution in [2.45, 2.75) is 25.3 Å². The van der Waals surface area contributed by atoms with Crippen LogP contribution in [0.4, 0.5) is 18.0 Å². The summed E-state index contributed by atoms with van der Waals surface area (Å²) in [5.41, 5.74) is -0.879. The molecule has 2 atom stereocenters. The number of alkyl halides is 3. The second kappa shape index (κ2) is 10.2. The number of carbonyl (C=O) groups is 1. The molecule has 2 unspecified atom stereocenters. The van der Waals surface area contributed by atoms with E-state index >= 15 is 0 Å². The summed E-state index contributed by atoms with van der Waals surface area (Å²) in [7, 11) is 0. The number of rotatable bonds is 8. The third kappa shape index (κ3) is 6.70. The lowest BCUT2D eigenvalue weighted by Crippen LogP contribution is -2.32. The third-order valence-corrected chi connectivity index (χ3v) is 3.53. The van der Waals surface area contributed by atoms with Crippen molar-refractivity contribution < 1.29 is 36.9 Å². The predicted octanol–water partition coefficient (Wildman–Crippen LogP) is 4.89. The molecule has 0 fully saturated rings. The molecule has 7 nitrogen and oxygen atoms in total. The molecule has 0 aliphatic heterocycles. The van der Waals surface area contributed by atoms with Crippen LogP contribution < -0.4 is 9.47 Å². The summed E-state index contributed by atoms with van der Waals surface area (Å²) < 4.78 is 58.1. The molecule has 0 amide bonds. The molecule has 1 heterocycles. The largest absolute Gasteiger partial charge is 0.510 e. The lowest BCUT2D eigenvalue weighted by molar-refractivity contribution is -0.137. The molecule has 0 N–H and O–H groups in total. The number of halogens is 3. The van der Waals surface area contributed by atoms with Crippen molar-refractivity contribution in [2.75, 3.05) is 6.61 Å². The van der Waals surface area contributed by atoms with Gasteiger partial charge in [-0.05, 0) is 37.3 Å². The van der Waals surface area contributed by atoms with E-state index in [4.69, 9.17) is 19.5 Å². The van der Waals surface area contributed by atoms with Gasteiger partial charge in [0.15, 0.2) is 0 Å². The van der Waals surface area contributed by atoms with Gasteiger partial charge in [0, 0.05) is 12.3 Å². The quantitative estimate of drug-likeness (QED) is 0.442. The fourth-order valence-corrected chi connectivity index (χ4v) is 2.08. The number of hydrogen-bond donors (Lipinski definition) is 0. The molecule has 0 saturated heterocycles. The first-order chi connectivity index (χ1) is 14.2. The van der Waals surface area contributed by atoms with Crippen LogP contribution in [0, 0.1) is 11.3 Å². The molecule has 0 aliphatic rings. The molecular weight excluding hydrogens is 405 g/mol. The Labute approximate surface area is 170 Å². The zero-order valence-electron chi connectivity index (χ0n) is 15.8. The highest BCUT2D eigenvalue weighted by Gasteiger charge is 2.30. The second-order valence-electron chi connectivity index (χ2n) is 5.80. The van der Waals surface area contributed by atoms with E-state index in [1.807, 2.05) is 0 Å². The zero-order chi connectivity index (χ0) is 22.1. The van der Waals surface area contributed by atoms with Crippen molar-refractivity contribution in [1.82, 2.24) is 4.98 Å². The Kier molecular flexibility index (Phi) is 7.63. The molecule has 1 aromatic carbocycles. The van der Waals surface area contributed by atoms with Crippen molar-refractivity contribution in [1.29, 1.82) is 5.26 Å². The minimum absolute atomic E-state index is 0.0129. The lowest BCUT2D eigenvalue weighted by atomic mass is 10.2. The molecule has 0 saturated carbocycles. The SMILES string of the molecule is C=CCOC(=O)OC(C#N)C(C)Oc1ccc(Oc2ccc(C(F)(F)F)cn2)cc1. The zero-order valence-corrected chi connectivity index (χ0v) is 15.8. The maximum atomic E-state index is 12.5. The minimum atomic E-state index is -4.48. The number of hydrogen-bond acceptors (Lipinski definition) is 7. The van der Waals surface area contributed by atoms with Gasteiger partial charge in [0.05, 0.1) is 5.56 Å². The molecule has 30 heavy (non-hydrogen) atoms. The van der Waals surface area contributed by atoms with Gasteiger partial charge in [-0.15, -0.1) is 0 Å². The lowest BCUT2D eigenvalue weighted by Gasteiger charge is -2.19. The Bertz CT molecular complexity index is 893. The molecule has 1 aromatic heterocycles. The van der Waals surface area contributed by atoms with E-state index in [0.29, 0.717) is 17.7 Å². The van der Waals surface area contributed by atoms with Crippen molar-refractivity contribution in [2.24, 2.45) is 0 Å². The number of carbonyl (C=O) groups excluding carboxylic acids is 1. The number of aromatic nitrogens is 1. The van der Waals surface area contributed by atoms with E-state index < -0.39 is 30.1 Å². The first-order valence-corrected chi connectivity index (χ1v) is 8.54. The van der Waals surface area contributed by atoms with Crippen LogP contribution in [0.3, 0.4) is 0 Å². The standard InChI is InChI=1S/C20H17F3N2O5/c1-3-10-27-19(26)30-17(11-24)13(2)28-15-5-7-16(8-6-15)29-18-9-4-14(12-25-18)20(21,22)23/h3-9,12-13,17H,1,10H2,2H3. The van der Waals surface area contributed by atoms with Gasteiger partial charge in [-0.2, -0.15) is 18.4 Å². The van der Waals surface area contributed by atoms with Crippen molar-refractivity contribution in [3.63, 3.8) is 0 Å². The fraction of sp³-hybridized carbons (Fsp3) is 0.250. The van der Waals surface area contributed by atoms with Crippen LogP contribution in [-0.4, -0.2) is 30.0 Å².